The predicted molar refractivity (Wildman–Crippen MR) is 131 cm³/mol. The van der Waals surface area contributed by atoms with Crippen LogP contribution in [0.4, 0.5) is 0 Å². The molecule has 2 N–H and O–H groups in total. The number of aromatic amines is 1. The largest absolute Gasteiger partial charge is 0.459 e. The van der Waals surface area contributed by atoms with Gasteiger partial charge in [-0.3, -0.25) is 19.3 Å². The number of rotatable bonds is 6. The molecule has 1 fully saturated rings. The quantitative estimate of drug-likeness (QED) is 0.424. The van der Waals surface area contributed by atoms with Gasteiger partial charge in [-0.25, -0.2) is 4.98 Å². The molecule has 1 aliphatic heterocycles. The van der Waals surface area contributed by atoms with Crippen LogP contribution in [-0.2, 0) is 11.3 Å². The summed E-state index contributed by atoms with van der Waals surface area (Å²) in [5.41, 5.74) is 0.801. The molecule has 0 spiro atoms. The zero-order chi connectivity index (χ0) is 23.7. The van der Waals surface area contributed by atoms with Crippen molar-refractivity contribution in [2.75, 3.05) is 26.2 Å². The second-order valence-electron chi connectivity index (χ2n) is 8.09. The SMILES string of the molecule is C[C@H](NC(=O)c1ccco1)C(=O)N1CCN(Cc2nc3scc(-c4cccs4)c3c(=O)[nH]2)CC1. The van der Waals surface area contributed by atoms with Crippen molar-refractivity contribution in [2.24, 2.45) is 0 Å². The minimum absolute atomic E-state index is 0.125. The van der Waals surface area contributed by atoms with Gasteiger partial charge in [0.2, 0.25) is 5.91 Å². The maximum absolute atomic E-state index is 12.8. The highest BCUT2D eigenvalue weighted by Crippen LogP contribution is 2.33. The first kappa shape index (κ1) is 22.5. The van der Waals surface area contributed by atoms with Crippen LogP contribution in [0, 0.1) is 0 Å². The zero-order valence-corrected chi connectivity index (χ0v) is 20.1. The average Bonchev–Trinajstić information content (AvgIpc) is 3.60. The van der Waals surface area contributed by atoms with Gasteiger partial charge in [0.05, 0.1) is 18.2 Å². The summed E-state index contributed by atoms with van der Waals surface area (Å²) in [5, 5.41) is 7.29. The van der Waals surface area contributed by atoms with Crippen molar-refractivity contribution in [1.29, 1.82) is 0 Å². The second-order valence-corrected chi connectivity index (χ2v) is 9.90. The number of carbonyl (C=O) groups excluding carboxylic acids is 2. The molecule has 5 heterocycles. The van der Waals surface area contributed by atoms with E-state index in [4.69, 9.17) is 4.42 Å². The highest BCUT2D eigenvalue weighted by Gasteiger charge is 2.27. The van der Waals surface area contributed by atoms with Crippen molar-refractivity contribution in [1.82, 2.24) is 25.1 Å². The van der Waals surface area contributed by atoms with Crippen LogP contribution in [0.3, 0.4) is 0 Å². The van der Waals surface area contributed by atoms with Gasteiger partial charge in [0.25, 0.3) is 11.5 Å². The van der Waals surface area contributed by atoms with E-state index in [1.807, 2.05) is 22.9 Å². The lowest BCUT2D eigenvalue weighted by Gasteiger charge is -2.35. The molecule has 34 heavy (non-hydrogen) atoms. The lowest BCUT2D eigenvalue weighted by atomic mass is 10.2. The van der Waals surface area contributed by atoms with Crippen LogP contribution in [0.2, 0.25) is 0 Å². The number of piperazine rings is 1. The topological polar surface area (TPSA) is 112 Å². The summed E-state index contributed by atoms with van der Waals surface area (Å²) in [6.45, 7) is 4.55. The molecule has 4 aromatic rings. The van der Waals surface area contributed by atoms with Crippen molar-refractivity contribution in [3.05, 3.63) is 63.2 Å². The lowest BCUT2D eigenvalue weighted by molar-refractivity contribution is -0.134. The highest BCUT2D eigenvalue weighted by molar-refractivity contribution is 7.18. The van der Waals surface area contributed by atoms with Gasteiger partial charge in [0.1, 0.15) is 16.7 Å². The smallest absolute Gasteiger partial charge is 0.287 e. The van der Waals surface area contributed by atoms with Crippen molar-refractivity contribution >= 4 is 44.7 Å². The minimum atomic E-state index is -0.652. The fourth-order valence-corrected chi connectivity index (χ4v) is 5.81. The summed E-state index contributed by atoms with van der Waals surface area (Å²) in [6, 6.07) is 6.50. The third-order valence-electron chi connectivity index (χ3n) is 5.80. The Balaban J connectivity index is 1.19. The fraction of sp³-hybridized carbons (Fsp3) is 0.304. The Hall–Kier alpha value is -3.28. The number of nitrogens with zero attached hydrogens (tertiary/aromatic N) is 3. The third-order valence-corrected chi connectivity index (χ3v) is 7.58. The van der Waals surface area contributed by atoms with Crippen molar-refractivity contribution in [2.45, 2.75) is 19.5 Å². The summed E-state index contributed by atoms with van der Waals surface area (Å²) in [7, 11) is 0. The van der Waals surface area contributed by atoms with E-state index in [9.17, 15) is 14.4 Å². The van der Waals surface area contributed by atoms with Crippen molar-refractivity contribution < 1.29 is 14.0 Å². The van der Waals surface area contributed by atoms with Gasteiger partial charge in [0.15, 0.2) is 5.76 Å². The van der Waals surface area contributed by atoms with E-state index in [0.717, 1.165) is 15.3 Å². The number of thiophene rings is 2. The number of fused-ring (bicyclic) bond motifs is 1. The molecular weight excluding hydrogens is 474 g/mol. The molecular formula is C23H23N5O4S2. The molecule has 1 atom stereocenters. The molecule has 1 saturated heterocycles. The molecule has 0 radical (unpaired) electrons. The molecule has 0 saturated carbocycles. The third kappa shape index (κ3) is 4.54. The van der Waals surface area contributed by atoms with Gasteiger partial charge in [-0.15, -0.1) is 22.7 Å². The first-order chi connectivity index (χ1) is 16.5. The van der Waals surface area contributed by atoms with Gasteiger partial charge in [0, 0.05) is 42.0 Å². The second kappa shape index (κ2) is 9.53. The van der Waals surface area contributed by atoms with E-state index in [1.54, 1.807) is 35.3 Å². The molecule has 9 nitrogen and oxygen atoms in total. The number of H-pyrrole nitrogens is 1. The number of furan rings is 1. The molecule has 2 amide bonds. The Labute approximate surface area is 203 Å². The molecule has 0 aromatic carbocycles. The van der Waals surface area contributed by atoms with Crippen LogP contribution >= 0.6 is 22.7 Å². The standard InChI is InChI=1S/C23H23N5O4S2/c1-14(24-20(29)16-4-2-10-32-16)23(31)28-8-6-27(7-9-28)12-18-25-21(30)19-15(13-34-22(19)26-18)17-5-3-11-33-17/h2-5,10-11,13-14H,6-9,12H2,1H3,(H,24,29)(H,25,26,30)/t14-/m0/s1. The van der Waals surface area contributed by atoms with Gasteiger partial charge >= 0.3 is 0 Å². The Morgan fingerprint density at radius 3 is 2.74 bits per heavy atom. The van der Waals surface area contributed by atoms with Crippen LogP contribution in [0.25, 0.3) is 20.7 Å². The first-order valence-electron chi connectivity index (χ1n) is 10.9. The first-order valence-corrected chi connectivity index (χ1v) is 12.7. The van der Waals surface area contributed by atoms with Crippen LogP contribution in [0.1, 0.15) is 23.3 Å². The Morgan fingerprint density at radius 1 is 1.21 bits per heavy atom. The summed E-state index contributed by atoms with van der Waals surface area (Å²) in [6.07, 6.45) is 1.42. The maximum atomic E-state index is 12.8. The van der Waals surface area contributed by atoms with Crippen LogP contribution < -0.4 is 10.9 Å². The minimum Gasteiger partial charge on any atom is -0.459 e. The van der Waals surface area contributed by atoms with Crippen molar-refractivity contribution in [3.8, 4) is 10.4 Å². The predicted octanol–water partition coefficient (Wildman–Crippen LogP) is 2.77. The Bertz CT molecular complexity index is 1350. The summed E-state index contributed by atoms with van der Waals surface area (Å²) in [4.78, 5) is 51.0. The lowest BCUT2D eigenvalue weighted by Crippen LogP contribution is -2.54. The molecule has 1 aliphatic rings. The Kier molecular flexibility index (Phi) is 6.31. The van der Waals surface area contributed by atoms with E-state index < -0.39 is 11.9 Å². The zero-order valence-electron chi connectivity index (χ0n) is 18.4. The molecule has 0 bridgehead atoms. The van der Waals surface area contributed by atoms with Crippen LogP contribution in [0.15, 0.2) is 50.5 Å². The summed E-state index contributed by atoms with van der Waals surface area (Å²) >= 11 is 3.08. The maximum Gasteiger partial charge on any atom is 0.287 e. The monoisotopic (exact) mass is 497 g/mol. The molecule has 5 rings (SSSR count). The van der Waals surface area contributed by atoms with Crippen LogP contribution in [-0.4, -0.2) is 63.8 Å². The molecule has 4 aromatic heterocycles. The fourth-order valence-electron chi connectivity index (χ4n) is 4.03. The number of hydrogen-bond acceptors (Lipinski definition) is 8. The molecule has 176 valence electrons. The average molecular weight is 498 g/mol. The van der Waals surface area contributed by atoms with E-state index in [1.165, 1.54) is 17.6 Å². The molecule has 0 unspecified atom stereocenters. The normalized spacial score (nSPS) is 15.5. The Morgan fingerprint density at radius 2 is 2.03 bits per heavy atom. The van der Waals surface area contributed by atoms with E-state index in [2.05, 4.69) is 20.2 Å². The van der Waals surface area contributed by atoms with Gasteiger partial charge in [-0.2, -0.15) is 0 Å². The van der Waals surface area contributed by atoms with Crippen molar-refractivity contribution in [3.63, 3.8) is 0 Å². The van der Waals surface area contributed by atoms with Gasteiger partial charge in [-0.1, -0.05) is 6.07 Å². The molecule has 0 aliphatic carbocycles. The van der Waals surface area contributed by atoms with E-state index in [-0.39, 0.29) is 17.2 Å². The molecule has 11 heteroatoms. The van der Waals surface area contributed by atoms with Crippen LogP contribution in [0.5, 0.6) is 0 Å². The highest BCUT2D eigenvalue weighted by atomic mass is 32.1. The van der Waals surface area contributed by atoms with Gasteiger partial charge < -0.3 is 19.6 Å². The number of amides is 2. The van der Waals surface area contributed by atoms with Gasteiger partial charge in [-0.05, 0) is 30.5 Å². The number of nitrogens with one attached hydrogen (secondary N) is 2. The summed E-state index contributed by atoms with van der Waals surface area (Å²) in [5.74, 6) is 0.255. The summed E-state index contributed by atoms with van der Waals surface area (Å²) < 4.78 is 5.07. The number of aromatic nitrogens is 2. The van der Waals surface area contributed by atoms with E-state index in [0.29, 0.717) is 43.9 Å². The number of hydrogen-bond donors (Lipinski definition) is 2. The van der Waals surface area contributed by atoms with E-state index >= 15 is 0 Å². The number of carbonyl (C=O) groups is 2.